The molecule has 1 aromatic heterocycles. The van der Waals surface area contributed by atoms with Crippen LogP contribution in [0.2, 0.25) is 0 Å². The zero-order chi connectivity index (χ0) is 20.2. The van der Waals surface area contributed by atoms with Crippen LogP contribution in [0.4, 0.5) is 5.69 Å². The van der Waals surface area contributed by atoms with Crippen molar-refractivity contribution in [3.8, 4) is 0 Å². The summed E-state index contributed by atoms with van der Waals surface area (Å²) in [5, 5.41) is 7.46. The molecule has 2 aromatic rings. The third kappa shape index (κ3) is 4.13. The van der Waals surface area contributed by atoms with Crippen LogP contribution in [0.25, 0.3) is 0 Å². The first kappa shape index (κ1) is 19.5. The molecule has 3 heterocycles. The number of amides is 1. The number of fused-ring (bicyclic) bond motifs is 1. The summed E-state index contributed by atoms with van der Waals surface area (Å²) in [4.78, 5) is 20.7. The van der Waals surface area contributed by atoms with E-state index in [1.165, 1.54) is 11.3 Å². The maximum Gasteiger partial charge on any atom is 0.222 e. The molecule has 0 spiro atoms. The number of hydrogen-bond donors (Lipinski definition) is 1. The molecule has 7 heteroatoms. The standard InChI is InChI=1S/C22H29N5O2/c1-3-17-13-18(29-25-17)14-24-22(23-2)27-15-16(19-7-4-5-8-20(19)27)10-12-26-11-6-9-21(26)28/h4-5,7-8,13,16H,3,6,9-12,14-15H2,1-2H3,(H,23,24). The Morgan fingerprint density at radius 1 is 1.38 bits per heavy atom. The zero-order valence-electron chi connectivity index (χ0n) is 17.2. The fraction of sp³-hybridized carbons (Fsp3) is 0.500. The molecular weight excluding hydrogens is 366 g/mol. The average molecular weight is 396 g/mol. The number of aryl methyl sites for hydroxylation is 1. The highest BCUT2D eigenvalue weighted by Gasteiger charge is 2.32. The van der Waals surface area contributed by atoms with Crippen LogP contribution in [0.15, 0.2) is 39.8 Å². The van der Waals surface area contributed by atoms with Gasteiger partial charge in [-0.05, 0) is 30.9 Å². The van der Waals surface area contributed by atoms with E-state index in [4.69, 9.17) is 4.52 Å². The van der Waals surface area contributed by atoms with E-state index in [-0.39, 0.29) is 0 Å². The van der Waals surface area contributed by atoms with Crippen molar-refractivity contribution in [1.29, 1.82) is 0 Å². The molecule has 1 amide bonds. The molecule has 4 rings (SSSR count). The summed E-state index contributed by atoms with van der Waals surface area (Å²) in [6.45, 7) is 5.20. The lowest BCUT2D eigenvalue weighted by Crippen LogP contribution is -2.40. The number of aromatic nitrogens is 1. The van der Waals surface area contributed by atoms with E-state index < -0.39 is 0 Å². The highest BCUT2D eigenvalue weighted by molar-refractivity contribution is 5.98. The summed E-state index contributed by atoms with van der Waals surface area (Å²) in [6, 6.07) is 10.5. The first-order chi connectivity index (χ1) is 14.2. The molecule has 1 unspecified atom stereocenters. The van der Waals surface area contributed by atoms with Crippen molar-refractivity contribution in [3.05, 3.63) is 47.3 Å². The van der Waals surface area contributed by atoms with Crippen molar-refractivity contribution in [2.75, 3.05) is 31.6 Å². The zero-order valence-corrected chi connectivity index (χ0v) is 17.2. The number of carbonyl (C=O) groups excluding carboxylic acids is 1. The monoisotopic (exact) mass is 395 g/mol. The third-order valence-electron chi connectivity index (χ3n) is 5.85. The topological polar surface area (TPSA) is 74.0 Å². The predicted octanol–water partition coefficient (Wildman–Crippen LogP) is 2.93. The molecule has 0 aliphatic carbocycles. The van der Waals surface area contributed by atoms with E-state index in [9.17, 15) is 4.79 Å². The first-order valence-corrected chi connectivity index (χ1v) is 10.5. The Morgan fingerprint density at radius 3 is 2.97 bits per heavy atom. The minimum Gasteiger partial charge on any atom is -0.359 e. The molecule has 0 bridgehead atoms. The van der Waals surface area contributed by atoms with Gasteiger partial charge in [0.25, 0.3) is 0 Å². The number of aliphatic imine (C=N–C) groups is 1. The largest absolute Gasteiger partial charge is 0.359 e. The summed E-state index contributed by atoms with van der Waals surface area (Å²) >= 11 is 0. The second kappa shape index (κ2) is 8.68. The lowest BCUT2D eigenvalue weighted by molar-refractivity contribution is -0.127. The smallest absolute Gasteiger partial charge is 0.222 e. The van der Waals surface area contributed by atoms with Crippen molar-refractivity contribution in [2.24, 2.45) is 4.99 Å². The fourth-order valence-electron chi connectivity index (χ4n) is 4.26. The molecule has 1 aromatic carbocycles. The summed E-state index contributed by atoms with van der Waals surface area (Å²) in [6.07, 6.45) is 3.52. The van der Waals surface area contributed by atoms with Crippen molar-refractivity contribution in [1.82, 2.24) is 15.4 Å². The molecule has 0 radical (unpaired) electrons. The van der Waals surface area contributed by atoms with Crippen LogP contribution in [0.3, 0.4) is 0 Å². The van der Waals surface area contributed by atoms with Gasteiger partial charge in [0.15, 0.2) is 11.7 Å². The van der Waals surface area contributed by atoms with E-state index in [1.54, 1.807) is 7.05 Å². The molecule has 1 fully saturated rings. The minimum absolute atomic E-state index is 0.295. The van der Waals surface area contributed by atoms with Gasteiger partial charge in [0.05, 0.1) is 12.2 Å². The predicted molar refractivity (Wildman–Crippen MR) is 113 cm³/mol. The van der Waals surface area contributed by atoms with Crippen molar-refractivity contribution < 1.29 is 9.32 Å². The highest BCUT2D eigenvalue weighted by atomic mass is 16.5. The van der Waals surface area contributed by atoms with Crippen LogP contribution < -0.4 is 10.2 Å². The molecule has 1 atom stereocenters. The number of guanidine groups is 1. The van der Waals surface area contributed by atoms with Crippen molar-refractivity contribution in [3.63, 3.8) is 0 Å². The van der Waals surface area contributed by atoms with Gasteiger partial charge in [0, 0.05) is 50.8 Å². The van der Waals surface area contributed by atoms with Gasteiger partial charge in [-0.2, -0.15) is 0 Å². The van der Waals surface area contributed by atoms with Crippen LogP contribution in [-0.2, 0) is 17.8 Å². The van der Waals surface area contributed by atoms with E-state index >= 15 is 0 Å². The van der Waals surface area contributed by atoms with Gasteiger partial charge in [-0.3, -0.25) is 9.79 Å². The fourth-order valence-corrected chi connectivity index (χ4v) is 4.26. The molecule has 0 saturated carbocycles. The SMILES string of the molecule is CCc1cc(CNC(=NC)N2CC(CCN3CCCC3=O)c3ccccc32)on1. The number of para-hydroxylation sites is 1. The van der Waals surface area contributed by atoms with Crippen LogP contribution in [0.1, 0.15) is 49.1 Å². The molecule has 154 valence electrons. The van der Waals surface area contributed by atoms with Crippen LogP contribution in [0.5, 0.6) is 0 Å². The van der Waals surface area contributed by atoms with Gasteiger partial charge in [-0.1, -0.05) is 30.3 Å². The van der Waals surface area contributed by atoms with Gasteiger partial charge in [-0.15, -0.1) is 0 Å². The Labute approximate surface area is 171 Å². The summed E-state index contributed by atoms with van der Waals surface area (Å²) in [5.74, 6) is 2.31. The maximum atomic E-state index is 12.0. The van der Waals surface area contributed by atoms with Crippen molar-refractivity contribution >= 4 is 17.6 Å². The van der Waals surface area contributed by atoms with Gasteiger partial charge in [-0.25, -0.2) is 0 Å². The number of rotatable bonds is 6. The number of hydrogen-bond acceptors (Lipinski definition) is 4. The van der Waals surface area contributed by atoms with E-state index in [2.05, 4.69) is 51.6 Å². The van der Waals surface area contributed by atoms with E-state index in [0.717, 1.165) is 56.3 Å². The Hall–Kier alpha value is -2.83. The van der Waals surface area contributed by atoms with Gasteiger partial charge in [0.2, 0.25) is 5.91 Å². The van der Waals surface area contributed by atoms with Crippen LogP contribution in [-0.4, -0.2) is 48.6 Å². The Kier molecular flexibility index (Phi) is 5.83. The van der Waals surface area contributed by atoms with E-state index in [0.29, 0.717) is 24.8 Å². The molecule has 29 heavy (non-hydrogen) atoms. The number of anilines is 1. The van der Waals surface area contributed by atoms with Crippen molar-refractivity contribution in [2.45, 2.75) is 45.1 Å². The summed E-state index contributed by atoms with van der Waals surface area (Å²) in [7, 11) is 1.80. The molecule has 2 aliphatic heterocycles. The summed E-state index contributed by atoms with van der Waals surface area (Å²) < 4.78 is 5.39. The number of carbonyl (C=O) groups is 1. The lowest BCUT2D eigenvalue weighted by Gasteiger charge is -2.23. The summed E-state index contributed by atoms with van der Waals surface area (Å²) in [5.41, 5.74) is 3.47. The minimum atomic E-state index is 0.295. The first-order valence-electron chi connectivity index (χ1n) is 10.5. The number of nitrogens with one attached hydrogen (secondary N) is 1. The highest BCUT2D eigenvalue weighted by Crippen LogP contribution is 2.38. The molecule has 1 saturated heterocycles. The van der Waals surface area contributed by atoms with Crippen LogP contribution in [0, 0.1) is 0 Å². The third-order valence-corrected chi connectivity index (χ3v) is 5.85. The Morgan fingerprint density at radius 2 is 2.24 bits per heavy atom. The lowest BCUT2D eigenvalue weighted by atomic mass is 9.98. The maximum absolute atomic E-state index is 12.0. The molecular formula is C22H29N5O2. The number of nitrogens with zero attached hydrogens (tertiary/aromatic N) is 4. The Balaban J connectivity index is 1.44. The van der Waals surface area contributed by atoms with Gasteiger partial charge < -0.3 is 19.6 Å². The molecule has 7 nitrogen and oxygen atoms in total. The normalized spacial score (nSPS) is 19.2. The number of likely N-dealkylation sites (tertiary alicyclic amines) is 1. The Bertz CT molecular complexity index is 891. The second-order valence-electron chi connectivity index (χ2n) is 7.68. The van der Waals surface area contributed by atoms with E-state index in [1.807, 2.05) is 11.0 Å². The number of benzene rings is 1. The average Bonchev–Trinajstić information content (AvgIpc) is 3.46. The van der Waals surface area contributed by atoms with Crippen LogP contribution >= 0.6 is 0 Å². The van der Waals surface area contributed by atoms with Gasteiger partial charge >= 0.3 is 0 Å². The second-order valence-corrected chi connectivity index (χ2v) is 7.68. The van der Waals surface area contributed by atoms with Gasteiger partial charge in [0.1, 0.15) is 0 Å². The quantitative estimate of drug-likeness (QED) is 0.601. The molecule has 1 N–H and O–H groups in total. The molecule has 2 aliphatic rings.